The standard InChI is InChI=1S/C20H29NO2/c1-2-3-16-4-6-17(7-5-16)18-8-10-19(11-9-18)20(22)21-12-14-23-15-13-21/h8-11,16-17H,2-7,12-15H2,1H3. The Bertz CT molecular complexity index is 497. The molecule has 2 aliphatic rings. The van der Waals surface area contributed by atoms with Crippen molar-refractivity contribution in [2.24, 2.45) is 5.92 Å². The first-order valence-corrected chi connectivity index (χ1v) is 9.25. The molecule has 0 aromatic heterocycles. The van der Waals surface area contributed by atoms with E-state index in [0.717, 1.165) is 11.5 Å². The second-order valence-electron chi connectivity index (χ2n) is 7.03. The molecule has 2 fully saturated rings. The molecular weight excluding hydrogens is 286 g/mol. The molecule has 0 spiro atoms. The molecule has 1 aliphatic heterocycles. The van der Waals surface area contributed by atoms with Gasteiger partial charge >= 0.3 is 0 Å². The van der Waals surface area contributed by atoms with Crippen molar-refractivity contribution in [1.82, 2.24) is 4.90 Å². The summed E-state index contributed by atoms with van der Waals surface area (Å²) in [7, 11) is 0. The maximum Gasteiger partial charge on any atom is 0.254 e. The van der Waals surface area contributed by atoms with Crippen LogP contribution in [0.2, 0.25) is 0 Å². The van der Waals surface area contributed by atoms with Crippen LogP contribution in [0.25, 0.3) is 0 Å². The van der Waals surface area contributed by atoms with E-state index in [1.165, 1.54) is 44.1 Å². The lowest BCUT2D eigenvalue weighted by molar-refractivity contribution is 0.0303. The maximum atomic E-state index is 12.5. The molecule has 3 heteroatoms. The van der Waals surface area contributed by atoms with Gasteiger partial charge in [-0.1, -0.05) is 31.9 Å². The van der Waals surface area contributed by atoms with E-state index in [9.17, 15) is 4.79 Å². The summed E-state index contributed by atoms with van der Waals surface area (Å²) in [6, 6.07) is 8.40. The molecule has 3 rings (SSSR count). The Morgan fingerprint density at radius 2 is 1.74 bits per heavy atom. The van der Waals surface area contributed by atoms with Crippen molar-refractivity contribution in [1.29, 1.82) is 0 Å². The summed E-state index contributed by atoms with van der Waals surface area (Å²) in [5.41, 5.74) is 2.23. The highest BCUT2D eigenvalue weighted by molar-refractivity contribution is 5.94. The van der Waals surface area contributed by atoms with E-state index in [-0.39, 0.29) is 5.91 Å². The molecule has 23 heavy (non-hydrogen) atoms. The zero-order valence-electron chi connectivity index (χ0n) is 14.3. The third-order valence-corrected chi connectivity index (χ3v) is 5.47. The van der Waals surface area contributed by atoms with Gasteiger partial charge in [0.2, 0.25) is 0 Å². The third-order valence-electron chi connectivity index (χ3n) is 5.47. The van der Waals surface area contributed by atoms with Crippen LogP contribution in [0.5, 0.6) is 0 Å². The first-order chi connectivity index (χ1) is 11.3. The summed E-state index contributed by atoms with van der Waals surface area (Å²) in [4.78, 5) is 14.4. The van der Waals surface area contributed by atoms with Crippen molar-refractivity contribution < 1.29 is 9.53 Å². The zero-order chi connectivity index (χ0) is 16.1. The number of amides is 1. The van der Waals surface area contributed by atoms with E-state index in [0.29, 0.717) is 32.2 Å². The molecule has 1 aliphatic carbocycles. The minimum absolute atomic E-state index is 0.145. The molecule has 1 saturated heterocycles. The second kappa shape index (κ2) is 7.96. The van der Waals surface area contributed by atoms with E-state index in [1.54, 1.807) is 0 Å². The van der Waals surface area contributed by atoms with Gasteiger partial charge in [0.25, 0.3) is 5.91 Å². The fourth-order valence-corrected chi connectivity index (χ4v) is 4.04. The molecule has 0 atom stereocenters. The number of hydrogen-bond acceptors (Lipinski definition) is 2. The first-order valence-electron chi connectivity index (χ1n) is 9.25. The fraction of sp³-hybridized carbons (Fsp3) is 0.650. The lowest BCUT2D eigenvalue weighted by Gasteiger charge is -2.29. The van der Waals surface area contributed by atoms with Crippen molar-refractivity contribution in [2.75, 3.05) is 26.3 Å². The average molecular weight is 315 g/mol. The molecule has 0 unspecified atom stereocenters. The lowest BCUT2D eigenvalue weighted by atomic mass is 9.77. The van der Waals surface area contributed by atoms with Gasteiger partial charge in [0.1, 0.15) is 0 Å². The maximum absolute atomic E-state index is 12.5. The molecule has 0 bridgehead atoms. The summed E-state index contributed by atoms with van der Waals surface area (Å²) < 4.78 is 5.32. The predicted molar refractivity (Wildman–Crippen MR) is 92.8 cm³/mol. The van der Waals surface area contributed by atoms with Gasteiger partial charge in [-0.05, 0) is 55.2 Å². The van der Waals surface area contributed by atoms with Gasteiger partial charge in [0.05, 0.1) is 13.2 Å². The Balaban J connectivity index is 1.58. The van der Waals surface area contributed by atoms with E-state index < -0.39 is 0 Å². The van der Waals surface area contributed by atoms with Crippen molar-refractivity contribution in [3.8, 4) is 0 Å². The Hall–Kier alpha value is -1.35. The zero-order valence-corrected chi connectivity index (χ0v) is 14.3. The number of carbonyl (C=O) groups is 1. The number of benzene rings is 1. The van der Waals surface area contributed by atoms with Gasteiger partial charge in [0, 0.05) is 18.7 Å². The van der Waals surface area contributed by atoms with Crippen molar-refractivity contribution in [3.63, 3.8) is 0 Å². The van der Waals surface area contributed by atoms with Crippen LogP contribution in [0, 0.1) is 5.92 Å². The van der Waals surface area contributed by atoms with Crippen LogP contribution in [-0.4, -0.2) is 37.1 Å². The van der Waals surface area contributed by atoms with Crippen LogP contribution in [0.4, 0.5) is 0 Å². The van der Waals surface area contributed by atoms with E-state index in [4.69, 9.17) is 4.74 Å². The Morgan fingerprint density at radius 3 is 2.35 bits per heavy atom. The van der Waals surface area contributed by atoms with Crippen molar-refractivity contribution in [2.45, 2.75) is 51.4 Å². The summed E-state index contributed by atoms with van der Waals surface area (Å²) in [5.74, 6) is 1.78. The van der Waals surface area contributed by atoms with Gasteiger partial charge in [0.15, 0.2) is 0 Å². The van der Waals surface area contributed by atoms with Crippen LogP contribution in [0.15, 0.2) is 24.3 Å². The van der Waals surface area contributed by atoms with Crippen LogP contribution in [0.3, 0.4) is 0 Å². The topological polar surface area (TPSA) is 29.5 Å². The SMILES string of the molecule is CCCC1CCC(c2ccc(C(=O)N3CCOCC3)cc2)CC1. The monoisotopic (exact) mass is 315 g/mol. The van der Waals surface area contributed by atoms with E-state index in [2.05, 4.69) is 19.1 Å². The van der Waals surface area contributed by atoms with Crippen LogP contribution >= 0.6 is 0 Å². The highest BCUT2D eigenvalue weighted by atomic mass is 16.5. The minimum Gasteiger partial charge on any atom is -0.378 e. The van der Waals surface area contributed by atoms with E-state index >= 15 is 0 Å². The number of ether oxygens (including phenoxy) is 1. The summed E-state index contributed by atoms with van der Waals surface area (Å²) in [5, 5.41) is 0. The highest BCUT2D eigenvalue weighted by Crippen LogP contribution is 2.37. The summed E-state index contributed by atoms with van der Waals surface area (Å²) in [6.45, 7) is 5.02. The molecule has 0 N–H and O–H groups in total. The van der Waals surface area contributed by atoms with Gasteiger partial charge < -0.3 is 9.64 Å². The fourth-order valence-electron chi connectivity index (χ4n) is 4.04. The predicted octanol–water partition coefficient (Wildman–Crippen LogP) is 4.23. The average Bonchev–Trinajstić information content (AvgIpc) is 2.63. The molecule has 1 aromatic rings. The quantitative estimate of drug-likeness (QED) is 0.832. The van der Waals surface area contributed by atoms with Crippen molar-refractivity contribution >= 4 is 5.91 Å². The Labute approximate surface area is 140 Å². The summed E-state index contributed by atoms with van der Waals surface area (Å²) >= 11 is 0. The van der Waals surface area contributed by atoms with Gasteiger partial charge in [-0.3, -0.25) is 4.79 Å². The number of rotatable bonds is 4. The second-order valence-corrected chi connectivity index (χ2v) is 7.03. The first kappa shape index (κ1) is 16.5. The minimum atomic E-state index is 0.145. The van der Waals surface area contributed by atoms with Crippen molar-refractivity contribution in [3.05, 3.63) is 35.4 Å². The summed E-state index contributed by atoms with van der Waals surface area (Å²) in [6.07, 6.45) is 8.05. The number of carbonyl (C=O) groups excluding carboxylic acids is 1. The van der Waals surface area contributed by atoms with Gasteiger partial charge in [-0.15, -0.1) is 0 Å². The van der Waals surface area contributed by atoms with Gasteiger partial charge in [-0.2, -0.15) is 0 Å². The highest BCUT2D eigenvalue weighted by Gasteiger charge is 2.23. The molecule has 1 heterocycles. The third kappa shape index (κ3) is 4.14. The molecule has 3 nitrogen and oxygen atoms in total. The molecule has 1 aromatic carbocycles. The van der Waals surface area contributed by atoms with Crippen LogP contribution in [-0.2, 0) is 4.74 Å². The van der Waals surface area contributed by atoms with Gasteiger partial charge in [-0.25, -0.2) is 0 Å². The molecule has 1 saturated carbocycles. The number of hydrogen-bond donors (Lipinski definition) is 0. The molecule has 1 amide bonds. The molecule has 126 valence electrons. The Kier molecular flexibility index (Phi) is 5.71. The normalized spacial score (nSPS) is 25.3. The van der Waals surface area contributed by atoms with Crippen LogP contribution in [0.1, 0.15) is 67.3 Å². The molecule has 0 radical (unpaired) electrons. The lowest BCUT2D eigenvalue weighted by Crippen LogP contribution is -2.40. The van der Waals surface area contributed by atoms with E-state index in [1.807, 2.05) is 17.0 Å². The number of morpholine rings is 1. The molecular formula is C20H29NO2. The number of nitrogens with zero attached hydrogens (tertiary/aromatic N) is 1. The largest absolute Gasteiger partial charge is 0.378 e. The smallest absolute Gasteiger partial charge is 0.254 e. The Morgan fingerprint density at radius 1 is 1.09 bits per heavy atom. The van der Waals surface area contributed by atoms with Crippen LogP contribution < -0.4 is 0 Å².